The molecule has 23 heavy (non-hydrogen) atoms. The van der Waals surface area contributed by atoms with Crippen LogP contribution < -0.4 is 17.0 Å². The van der Waals surface area contributed by atoms with Gasteiger partial charge in [-0.1, -0.05) is 13.8 Å². The fourth-order valence-electron chi connectivity index (χ4n) is 2.00. The highest BCUT2D eigenvalue weighted by molar-refractivity contribution is 5.75. The summed E-state index contributed by atoms with van der Waals surface area (Å²) in [5, 5.41) is 0. The lowest BCUT2D eigenvalue weighted by molar-refractivity contribution is -0.161. The molecule has 9 nitrogen and oxygen atoms in total. The van der Waals surface area contributed by atoms with Crippen LogP contribution in [0.3, 0.4) is 0 Å². The van der Waals surface area contributed by atoms with Crippen LogP contribution in [0.1, 0.15) is 25.6 Å². The molecule has 1 fully saturated rings. The molecule has 2 rings (SSSR count). The van der Waals surface area contributed by atoms with Gasteiger partial charge in [0.1, 0.15) is 12.6 Å². The van der Waals surface area contributed by atoms with Crippen molar-refractivity contribution in [2.75, 3.05) is 13.2 Å². The van der Waals surface area contributed by atoms with Gasteiger partial charge in [0, 0.05) is 11.8 Å². The van der Waals surface area contributed by atoms with Gasteiger partial charge in [-0.15, -0.1) is 0 Å². The Hall–Kier alpha value is -1.97. The van der Waals surface area contributed by atoms with Gasteiger partial charge >= 0.3 is 11.7 Å². The van der Waals surface area contributed by atoms with E-state index in [9.17, 15) is 14.4 Å². The minimum atomic E-state index is -0.789. The van der Waals surface area contributed by atoms with E-state index < -0.39 is 35.8 Å². The van der Waals surface area contributed by atoms with E-state index in [1.165, 1.54) is 10.8 Å². The van der Waals surface area contributed by atoms with Gasteiger partial charge in [-0.2, -0.15) is 0 Å². The molecule has 0 aromatic carbocycles. The highest BCUT2D eigenvalue weighted by Gasteiger charge is 2.30. The fraction of sp³-hybridized carbons (Fsp3) is 0.643. The first kappa shape index (κ1) is 17.4. The second kappa shape index (κ2) is 7.07. The van der Waals surface area contributed by atoms with Gasteiger partial charge in [-0.3, -0.25) is 19.1 Å². The molecule has 2 heterocycles. The number of rotatable bonds is 5. The zero-order valence-corrected chi connectivity index (χ0v) is 13.3. The molecule has 0 amide bonds. The number of carbonyl (C=O) groups excluding carboxylic acids is 1. The number of nitrogens with zero attached hydrogens (tertiary/aromatic N) is 1. The number of ether oxygens (including phenoxy) is 3. The highest BCUT2D eigenvalue weighted by atomic mass is 16.7. The van der Waals surface area contributed by atoms with Gasteiger partial charge in [0.05, 0.1) is 6.61 Å². The average Bonchev–Trinajstić information content (AvgIpc) is 2.96. The second-order valence-corrected chi connectivity index (χ2v) is 5.73. The van der Waals surface area contributed by atoms with E-state index in [-0.39, 0.29) is 19.1 Å². The molecule has 1 aromatic rings. The van der Waals surface area contributed by atoms with Gasteiger partial charge in [-0.25, -0.2) is 4.79 Å². The number of nitrogens with two attached hydrogens (primary N) is 1. The van der Waals surface area contributed by atoms with Crippen molar-refractivity contribution in [2.45, 2.75) is 39.3 Å². The summed E-state index contributed by atoms with van der Waals surface area (Å²) in [6.07, 6.45) is -0.0823. The molecular formula is C14H21N3O6. The van der Waals surface area contributed by atoms with Crippen LogP contribution in [0.25, 0.3) is 0 Å². The SMILES string of the molecule is Cc1cn([C@H]2CO[C@@H](COC(=O)[C@H](N)C(C)C)O2)c(=O)[nH]c1=O. The Bertz CT molecular complexity index is 680. The van der Waals surface area contributed by atoms with Gasteiger partial charge in [-0.05, 0) is 12.8 Å². The van der Waals surface area contributed by atoms with E-state index in [1.54, 1.807) is 6.92 Å². The Morgan fingerprint density at radius 2 is 2.22 bits per heavy atom. The van der Waals surface area contributed by atoms with Gasteiger partial charge < -0.3 is 19.9 Å². The Balaban J connectivity index is 1.94. The van der Waals surface area contributed by atoms with E-state index >= 15 is 0 Å². The largest absolute Gasteiger partial charge is 0.459 e. The van der Waals surface area contributed by atoms with Crippen LogP contribution in [-0.2, 0) is 19.0 Å². The highest BCUT2D eigenvalue weighted by Crippen LogP contribution is 2.19. The Kier molecular flexibility index (Phi) is 5.34. The van der Waals surface area contributed by atoms with E-state index in [4.69, 9.17) is 19.9 Å². The smallest absolute Gasteiger partial charge is 0.330 e. The molecule has 3 atom stereocenters. The standard InChI is InChI=1S/C14H21N3O6/c1-7(2)11(15)13(19)22-6-10-21-5-9(23-10)17-4-8(3)12(18)16-14(17)20/h4,7,9-11H,5-6,15H2,1-3H3,(H,16,18,20)/t9-,10-,11-/m1/s1. The predicted molar refractivity (Wildman–Crippen MR) is 79.7 cm³/mol. The van der Waals surface area contributed by atoms with Gasteiger partial charge in [0.25, 0.3) is 5.56 Å². The Morgan fingerprint density at radius 1 is 1.52 bits per heavy atom. The molecule has 0 spiro atoms. The maximum atomic E-state index is 11.8. The molecule has 0 bridgehead atoms. The van der Waals surface area contributed by atoms with E-state index in [2.05, 4.69) is 4.98 Å². The summed E-state index contributed by atoms with van der Waals surface area (Å²) in [5.41, 5.74) is 5.02. The zero-order chi connectivity index (χ0) is 17.1. The first-order valence-corrected chi connectivity index (χ1v) is 7.31. The summed E-state index contributed by atoms with van der Waals surface area (Å²) < 4.78 is 17.1. The third kappa shape index (κ3) is 4.06. The first-order chi connectivity index (χ1) is 10.8. The number of H-pyrrole nitrogens is 1. The first-order valence-electron chi connectivity index (χ1n) is 7.31. The summed E-state index contributed by atoms with van der Waals surface area (Å²) >= 11 is 0. The topological polar surface area (TPSA) is 126 Å². The normalized spacial score (nSPS) is 22.3. The van der Waals surface area contributed by atoms with Crippen LogP contribution >= 0.6 is 0 Å². The molecule has 128 valence electrons. The minimum absolute atomic E-state index is 0.0386. The number of hydrogen-bond donors (Lipinski definition) is 2. The number of carbonyl (C=O) groups is 1. The van der Waals surface area contributed by atoms with Crippen LogP contribution in [0.4, 0.5) is 0 Å². The van der Waals surface area contributed by atoms with Crippen molar-refractivity contribution in [3.8, 4) is 0 Å². The van der Waals surface area contributed by atoms with E-state index in [1.807, 2.05) is 13.8 Å². The maximum absolute atomic E-state index is 11.8. The lowest BCUT2D eigenvalue weighted by Gasteiger charge is -2.17. The van der Waals surface area contributed by atoms with Gasteiger partial charge in [0.15, 0.2) is 12.5 Å². The monoisotopic (exact) mass is 327 g/mol. The summed E-state index contributed by atoms with van der Waals surface area (Å²) in [6, 6.07) is -0.711. The van der Waals surface area contributed by atoms with Crippen molar-refractivity contribution in [1.29, 1.82) is 0 Å². The third-order valence-electron chi connectivity index (χ3n) is 3.54. The lowest BCUT2D eigenvalue weighted by Crippen LogP contribution is -2.38. The average molecular weight is 327 g/mol. The number of hydrogen-bond acceptors (Lipinski definition) is 7. The number of aromatic nitrogens is 2. The van der Waals surface area contributed by atoms with Crippen molar-refractivity contribution in [3.63, 3.8) is 0 Å². The molecule has 0 aliphatic carbocycles. The summed E-state index contributed by atoms with van der Waals surface area (Å²) in [5.74, 6) is -0.573. The van der Waals surface area contributed by atoms with E-state index in [0.29, 0.717) is 5.56 Å². The number of aryl methyl sites for hydroxylation is 1. The van der Waals surface area contributed by atoms with Crippen molar-refractivity contribution in [3.05, 3.63) is 32.6 Å². The second-order valence-electron chi connectivity index (χ2n) is 5.73. The number of esters is 1. The van der Waals surface area contributed by atoms with Crippen molar-refractivity contribution in [2.24, 2.45) is 11.7 Å². The summed E-state index contributed by atoms with van der Waals surface area (Å²) in [7, 11) is 0. The quantitative estimate of drug-likeness (QED) is 0.681. The third-order valence-corrected chi connectivity index (χ3v) is 3.54. The van der Waals surface area contributed by atoms with Gasteiger partial charge in [0.2, 0.25) is 0 Å². The molecule has 0 radical (unpaired) electrons. The van der Waals surface area contributed by atoms with Crippen LogP contribution in [0, 0.1) is 12.8 Å². The molecular weight excluding hydrogens is 306 g/mol. The van der Waals surface area contributed by atoms with Crippen LogP contribution in [0.2, 0.25) is 0 Å². The molecule has 3 N–H and O–H groups in total. The molecule has 1 saturated heterocycles. The minimum Gasteiger partial charge on any atom is -0.459 e. The maximum Gasteiger partial charge on any atom is 0.330 e. The summed E-state index contributed by atoms with van der Waals surface area (Å²) in [6.45, 7) is 5.19. The van der Waals surface area contributed by atoms with E-state index in [0.717, 1.165) is 0 Å². The van der Waals surface area contributed by atoms with Crippen molar-refractivity contribution >= 4 is 5.97 Å². The van der Waals surface area contributed by atoms with Crippen LogP contribution in [-0.4, -0.2) is 41.1 Å². The Labute approximate surface area is 132 Å². The van der Waals surface area contributed by atoms with Crippen LogP contribution in [0.5, 0.6) is 0 Å². The number of aromatic amines is 1. The lowest BCUT2D eigenvalue weighted by atomic mass is 10.1. The molecule has 1 aliphatic heterocycles. The zero-order valence-electron chi connectivity index (χ0n) is 13.3. The number of nitrogens with one attached hydrogen (secondary N) is 1. The summed E-state index contributed by atoms with van der Waals surface area (Å²) in [4.78, 5) is 37.0. The predicted octanol–water partition coefficient (Wildman–Crippen LogP) is -0.757. The molecule has 9 heteroatoms. The van der Waals surface area contributed by atoms with Crippen molar-refractivity contribution < 1.29 is 19.0 Å². The fourth-order valence-corrected chi connectivity index (χ4v) is 2.00. The molecule has 1 aliphatic rings. The van der Waals surface area contributed by atoms with Crippen LogP contribution in [0.15, 0.2) is 15.8 Å². The Morgan fingerprint density at radius 3 is 2.87 bits per heavy atom. The molecule has 0 saturated carbocycles. The molecule has 0 unspecified atom stereocenters. The van der Waals surface area contributed by atoms with Crippen molar-refractivity contribution in [1.82, 2.24) is 9.55 Å². The molecule has 1 aromatic heterocycles.